The van der Waals surface area contributed by atoms with E-state index in [1.165, 1.54) is 6.42 Å². The van der Waals surface area contributed by atoms with Gasteiger partial charge >= 0.3 is 0 Å². The lowest BCUT2D eigenvalue weighted by molar-refractivity contribution is 0.159. The number of rotatable bonds is 9. The van der Waals surface area contributed by atoms with Gasteiger partial charge in [-0.2, -0.15) is 0 Å². The smallest absolute Gasteiger partial charge is 0.258 e. The van der Waals surface area contributed by atoms with Crippen LogP contribution < -0.4 is 20.3 Å². The van der Waals surface area contributed by atoms with Crippen molar-refractivity contribution in [3.8, 4) is 5.75 Å². The maximum absolute atomic E-state index is 15.1. The first-order chi connectivity index (χ1) is 16.5. The molecule has 5 nitrogen and oxygen atoms in total. The van der Waals surface area contributed by atoms with Gasteiger partial charge in [0.15, 0.2) is 0 Å². The summed E-state index contributed by atoms with van der Waals surface area (Å²) in [6.45, 7) is 0. The molecule has 0 aliphatic heterocycles. The number of para-hydroxylation sites is 1. The van der Waals surface area contributed by atoms with Gasteiger partial charge in [-0.1, -0.05) is 49.6 Å². The fourth-order valence-corrected chi connectivity index (χ4v) is 7.11. The second-order valence-corrected chi connectivity index (χ2v) is 11.5. The van der Waals surface area contributed by atoms with Crippen LogP contribution >= 0.6 is 7.37 Å². The number of nitrogens with one attached hydrogen (secondary N) is 1. The average molecular weight is 479 g/mol. The van der Waals surface area contributed by atoms with Crippen LogP contribution in [0.1, 0.15) is 43.5 Å². The molecule has 1 fully saturated rings. The van der Waals surface area contributed by atoms with E-state index in [0.717, 1.165) is 53.7 Å². The topological polar surface area (TPSA) is 50.8 Å². The van der Waals surface area contributed by atoms with Crippen LogP contribution in [0.4, 0.5) is 11.4 Å². The zero-order valence-corrected chi connectivity index (χ0v) is 21.2. The Kier molecular flexibility index (Phi) is 7.97. The Hall–Kier alpha value is -2.75. The highest BCUT2D eigenvalue weighted by atomic mass is 31.2. The van der Waals surface area contributed by atoms with Gasteiger partial charge in [0.05, 0.1) is 13.2 Å². The van der Waals surface area contributed by atoms with Crippen LogP contribution in [0.25, 0.3) is 0 Å². The molecule has 34 heavy (non-hydrogen) atoms. The monoisotopic (exact) mass is 478 g/mol. The molecule has 0 unspecified atom stereocenters. The second-order valence-electron chi connectivity index (χ2n) is 9.06. The summed E-state index contributed by atoms with van der Waals surface area (Å²) >= 11 is 0. The molecule has 0 spiro atoms. The summed E-state index contributed by atoms with van der Waals surface area (Å²) in [6, 6.07) is 25.7. The summed E-state index contributed by atoms with van der Waals surface area (Å²) in [7, 11) is 2.28. The third-order valence-corrected chi connectivity index (χ3v) is 9.17. The highest BCUT2D eigenvalue weighted by Crippen LogP contribution is 2.60. The summed E-state index contributed by atoms with van der Waals surface area (Å²) in [4.78, 5) is 2.04. The van der Waals surface area contributed by atoms with Crippen molar-refractivity contribution in [2.75, 3.05) is 31.4 Å². The minimum atomic E-state index is -3.38. The van der Waals surface area contributed by atoms with E-state index in [1.807, 2.05) is 97.9 Å². The van der Waals surface area contributed by atoms with Gasteiger partial charge < -0.3 is 19.5 Å². The lowest BCUT2D eigenvalue weighted by atomic mass is 9.98. The Labute approximate surface area is 203 Å². The van der Waals surface area contributed by atoms with E-state index in [2.05, 4.69) is 5.32 Å². The van der Waals surface area contributed by atoms with Gasteiger partial charge in [0.2, 0.25) is 0 Å². The number of ether oxygens (including phenoxy) is 1. The maximum atomic E-state index is 15.1. The summed E-state index contributed by atoms with van der Waals surface area (Å²) in [6.07, 6.45) is 5.33. The molecule has 0 aromatic heterocycles. The fourth-order valence-electron chi connectivity index (χ4n) is 4.46. The first-order valence-electron chi connectivity index (χ1n) is 12.0. The molecule has 6 heteroatoms. The van der Waals surface area contributed by atoms with Crippen LogP contribution in [0.5, 0.6) is 5.75 Å². The van der Waals surface area contributed by atoms with Gasteiger partial charge in [0, 0.05) is 30.8 Å². The third kappa shape index (κ3) is 5.65. The first-order valence-corrected chi connectivity index (χ1v) is 13.7. The predicted octanol–water partition coefficient (Wildman–Crippen LogP) is 6.82. The zero-order chi connectivity index (χ0) is 24.0. The van der Waals surface area contributed by atoms with Crippen LogP contribution in [0.15, 0.2) is 78.9 Å². The minimum absolute atomic E-state index is 0.00793. The van der Waals surface area contributed by atoms with E-state index >= 15 is 4.57 Å². The quantitative estimate of drug-likeness (QED) is 0.342. The number of nitrogens with zero attached hydrogens (tertiary/aromatic N) is 1. The Morgan fingerprint density at radius 1 is 0.882 bits per heavy atom. The van der Waals surface area contributed by atoms with Crippen LogP contribution in [-0.4, -0.2) is 27.3 Å². The van der Waals surface area contributed by atoms with Gasteiger partial charge in [-0.25, -0.2) is 0 Å². The van der Waals surface area contributed by atoms with E-state index in [9.17, 15) is 0 Å². The van der Waals surface area contributed by atoms with Crippen molar-refractivity contribution in [2.24, 2.45) is 0 Å². The molecule has 0 amide bonds. The predicted molar refractivity (Wildman–Crippen MR) is 142 cm³/mol. The van der Waals surface area contributed by atoms with Crippen LogP contribution in [0.2, 0.25) is 0 Å². The minimum Gasteiger partial charge on any atom is -0.497 e. The van der Waals surface area contributed by atoms with Crippen molar-refractivity contribution < 1.29 is 13.8 Å². The van der Waals surface area contributed by atoms with Crippen LogP contribution in [-0.2, 0) is 9.09 Å². The highest BCUT2D eigenvalue weighted by Gasteiger charge is 2.40. The Morgan fingerprint density at radius 3 is 2.12 bits per heavy atom. The molecule has 1 aliphatic rings. The van der Waals surface area contributed by atoms with E-state index in [1.54, 1.807) is 7.11 Å². The van der Waals surface area contributed by atoms with Crippen molar-refractivity contribution in [1.29, 1.82) is 0 Å². The molecule has 1 aliphatic carbocycles. The summed E-state index contributed by atoms with van der Waals surface area (Å²) in [5, 5.41) is 4.29. The number of hydrogen-bond donors (Lipinski definition) is 1. The van der Waals surface area contributed by atoms with Crippen molar-refractivity contribution >= 4 is 24.0 Å². The van der Waals surface area contributed by atoms with Gasteiger partial charge in [0.1, 0.15) is 11.5 Å². The van der Waals surface area contributed by atoms with Gasteiger partial charge in [0.25, 0.3) is 7.37 Å². The van der Waals surface area contributed by atoms with Crippen molar-refractivity contribution in [2.45, 2.75) is 44.0 Å². The van der Waals surface area contributed by atoms with E-state index in [4.69, 9.17) is 9.26 Å². The largest absolute Gasteiger partial charge is 0.497 e. The van der Waals surface area contributed by atoms with E-state index < -0.39 is 13.2 Å². The molecular formula is C28H35N2O3P. The van der Waals surface area contributed by atoms with Gasteiger partial charge in [-0.05, 0) is 66.9 Å². The highest BCUT2D eigenvalue weighted by molar-refractivity contribution is 7.67. The Bertz CT molecular complexity index is 1080. The molecule has 0 bridgehead atoms. The standard InChI is InChI=1S/C28H35N2O3P/c1-30(2)24-16-20-27(21-17-24)34(31,33-26-12-8-5-9-13-26)28(29-23-10-6-4-7-11-23)22-14-18-25(32-3)19-15-22/h4,6-7,10-11,14-21,26,28-29H,5,8-9,12-13H2,1-3H3/t28-,34+/m1/s1. The van der Waals surface area contributed by atoms with Crippen molar-refractivity contribution in [1.82, 2.24) is 0 Å². The molecule has 3 aromatic rings. The summed E-state index contributed by atoms with van der Waals surface area (Å²) in [5.41, 5.74) is 2.87. The van der Waals surface area contributed by atoms with Crippen LogP contribution in [0.3, 0.4) is 0 Å². The lowest BCUT2D eigenvalue weighted by Gasteiger charge is -2.34. The number of methoxy groups -OCH3 is 1. The first kappa shape index (κ1) is 24.4. The van der Waals surface area contributed by atoms with E-state index in [0.29, 0.717) is 0 Å². The van der Waals surface area contributed by atoms with E-state index in [-0.39, 0.29) is 6.10 Å². The molecule has 0 heterocycles. The second kappa shape index (κ2) is 11.1. The summed E-state index contributed by atoms with van der Waals surface area (Å²) < 4.78 is 27.1. The normalized spacial score (nSPS) is 16.9. The molecule has 0 radical (unpaired) electrons. The molecular weight excluding hydrogens is 443 g/mol. The molecule has 2 atom stereocenters. The van der Waals surface area contributed by atoms with Gasteiger partial charge in [-0.3, -0.25) is 4.57 Å². The fraction of sp³-hybridized carbons (Fsp3) is 0.357. The molecule has 4 rings (SSSR count). The molecule has 1 N–H and O–H groups in total. The SMILES string of the molecule is COc1ccc([C@H](Nc2ccccc2)[P@@](=O)(OC2CCCCC2)c2ccc(N(C)C)cc2)cc1. The van der Waals surface area contributed by atoms with Gasteiger partial charge in [-0.15, -0.1) is 0 Å². The van der Waals surface area contributed by atoms with Crippen molar-refractivity contribution in [3.05, 3.63) is 84.4 Å². The third-order valence-electron chi connectivity index (χ3n) is 6.43. The molecule has 180 valence electrons. The number of anilines is 2. The Balaban J connectivity index is 1.80. The zero-order valence-electron chi connectivity index (χ0n) is 20.3. The molecule has 1 saturated carbocycles. The lowest BCUT2D eigenvalue weighted by Crippen LogP contribution is -2.25. The molecule has 0 saturated heterocycles. The Morgan fingerprint density at radius 2 is 1.53 bits per heavy atom. The number of benzene rings is 3. The molecule has 3 aromatic carbocycles. The maximum Gasteiger partial charge on any atom is 0.258 e. The summed E-state index contributed by atoms with van der Waals surface area (Å²) in [5.74, 6) is 0.230. The van der Waals surface area contributed by atoms with Crippen LogP contribution in [0, 0.1) is 0 Å². The number of hydrogen-bond acceptors (Lipinski definition) is 5. The average Bonchev–Trinajstić information content (AvgIpc) is 2.88. The van der Waals surface area contributed by atoms with Crippen molar-refractivity contribution in [3.63, 3.8) is 0 Å².